The van der Waals surface area contributed by atoms with Gasteiger partial charge in [-0.2, -0.15) is 0 Å². The molecule has 52 valence electrons. The molecule has 0 rings (SSSR count). The molecule has 0 bridgehead atoms. The van der Waals surface area contributed by atoms with E-state index in [1.54, 1.807) is 0 Å². The molecule has 0 saturated heterocycles. The number of carboxylic acid groups (broad SMARTS) is 2. The normalized spacial score (nSPS) is 5.60. The summed E-state index contributed by atoms with van der Waals surface area (Å²) in [6.45, 7) is 0. The van der Waals surface area contributed by atoms with Gasteiger partial charge in [0.25, 0.3) is 0 Å². The SMILES string of the molecule is Cl.O=C(O)CC(=O)O.[NaH].[NaH]. The fourth-order valence-electron chi connectivity index (χ4n) is 0.129. The zero-order valence-corrected chi connectivity index (χ0v) is 4.64. The Bertz CT molecular complexity index is 94.7. The second-order valence-corrected chi connectivity index (χ2v) is 0.964. The average molecular weight is 189 g/mol. The van der Waals surface area contributed by atoms with Crippen molar-refractivity contribution in [2.75, 3.05) is 0 Å². The van der Waals surface area contributed by atoms with Crippen LogP contribution in [0.1, 0.15) is 6.42 Å². The van der Waals surface area contributed by atoms with E-state index in [9.17, 15) is 9.59 Å². The van der Waals surface area contributed by atoms with Gasteiger partial charge in [0.1, 0.15) is 6.42 Å². The number of aliphatic carboxylic acids is 2. The van der Waals surface area contributed by atoms with Gasteiger partial charge in [-0.25, -0.2) is 0 Å². The monoisotopic (exact) mass is 188 g/mol. The summed E-state index contributed by atoms with van der Waals surface area (Å²) in [6.07, 6.45) is -0.806. The molecule has 0 fully saturated rings. The Balaban J connectivity index is -0.0000000600. The fraction of sp³-hybridized carbons (Fsp3) is 0.333. The van der Waals surface area contributed by atoms with Crippen LogP contribution >= 0.6 is 12.4 Å². The van der Waals surface area contributed by atoms with E-state index in [-0.39, 0.29) is 71.5 Å². The maximum atomic E-state index is 9.43. The number of carbonyl (C=O) groups is 2. The Morgan fingerprint density at radius 2 is 1.20 bits per heavy atom. The van der Waals surface area contributed by atoms with Crippen LogP contribution in [0.25, 0.3) is 0 Å². The summed E-state index contributed by atoms with van der Waals surface area (Å²) in [5, 5.41) is 15.4. The van der Waals surface area contributed by atoms with Gasteiger partial charge in [0, 0.05) is 0 Å². The number of carboxylic acids is 2. The van der Waals surface area contributed by atoms with Gasteiger partial charge in [-0.1, -0.05) is 0 Å². The molecule has 0 aliphatic carbocycles. The van der Waals surface area contributed by atoms with Crippen molar-refractivity contribution in [1.29, 1.82) is 0 Å². The van der Waals surface area contributed by atoms with Crippen LogP contribution in [-0.4, -0.2) is 81.3 Å². The third-order valence-electron chi connectivity index (χ3n) is 0.302. The number of rotatable bonds is 2. The van der Waals surface area contributed by atoms with Gasteiger partial charge in [-0.15, -0.1) is 12.4 Å². The number of hydrogen-bond acceptors (Lipinski definition) is 2. The third kappa shape index (κ3) is 22.9. The average Bonchev–Trinajstić information content (AvgIpc) is 1.27. The van der Waals surface area contributed by atoms with Crippen molar-refractivity contribution in [3.05, 3.63) is 0 Å². The van der Waals surface area contributed by atoms with Gasteiger partial charge in [0.05, 0.1) is 0 Å². The zero-order chi connectivity index (χ0) is 5.86. The number of halogens is 1. The molecule has 0 unspecified atom stereocenters. The summed E-state index contributed by atoms with van der Waals surface area (Å²) in [7, 11) is 0. The molecular formula is C3H7ClNa2O4. The van der Waals surface area contributed by atoms with Crippen molar-refractivity contribution >= 4 is 83.5 Å². The van der Waals surface area contributed by atoms with Gasteiger partial charge >= 0.3 is 71.1 Å². The first-order valence-electron chi connectivity index (χ1n) is 1.56. The zero-order valence-electron chi connectivity index (χ0n) is 3.83. The molecule has 0 aromatic rings. The maximum absolute atomic E-state index is 9.43. The Hall–Kier alpha value is 1.23. The van der Waals surface area contributed by atoms with Crippen LogP contribution in [-0.2, 0) is 9.59 Å². The predicted octanol–water partition coefficient (Wildman–Crippen LogP) is -1.33. The molecule has 0 radical (unpaired) electrons. The summed E-state index contributed by atoms with van der Waals surface area (Å²) in [4.78, 5) is 18.9. The minimum absolute atomic E-state index is 0. The van der Waals surface area contributed by atoms with E-state index in [0.29, 0.717) is 0 Å². The molecule has 2 N–H and O–H groups in total. The molecule has 0 atom stereocenters. The molecule has 0 aliphatic heterocycles. The topological polar surface area (TPSA) is 74.6 Å². The molecule has 4 nitrogen and oxygen atoms in total. The van der Waals surface area contributed by atoms with E-state index in [1.807, 2.05) is 0 Å². The summed E-state index contributed by atoms with van der Waals surface area (Å²) >= 11 is 0. The Morgan fingerprint density at radius 1 is 1.00 bits per heavy atom. The summed E-state index contributed by atoms with van der Waals surface area (Å²) in [6, 6.07) is 0. The fourth-order valence-corrected chi connectivity index (χ4v) is 0.129. The van der Waals surface area contributed by atoms with Crippen molar-refractivity contribution < 1.29 is 19.8 Å². The van der Waals surface area contributed by atoms with E-state index >= 15 is 0 Å². The van der Waals surface area contributed by atoms with Crippen LogP contribution < -0.4 is 0 Å². The summed E-state index contributed by atoms with van der Waals surface area (Å²) in [5.74, 6) is -2.62. The van der Waals surface area contributed by atoms with E-state index in [4.69, 9.17) is 10.2 Å². The van der Waals surface area contributed by atoms with Gasteiger partial charge in [-0.05, 0) is 0 Å². The van der Waals surface area contributed by atoms with Crippen LogP contribution in [0.5, 0.6) is 0 Å². The summed E-state index contributed by atoms with van der Waals surface area (Å²) in [5.41, 5.74) is 0. The standard InChI is InChI=1S/C3H4O4.ClH.2Na.2H/c4-2(5)1-3(6)7;;;;;/h1H2,(H,4,5)(H,6,7);1H;;;;. The Labute approximate surface area is 108 Å². The second-order valence-electron chi connectivity index (χ2n) is 0.964. The third-order valence-corrected chi connectivity index (χ3v) is 0.302. The van der Waals surface area contributed by atoms with Crippen molar-refractivity contribution in [3.8, 4) is 0 Å². The van der Waals surface area contributed by atoms with Gasteiger partial charge in [0.2, 0.25) is 0 Å². The first kappa shape index (κ1) is 22.5. The van der Waals surface area contributed by atoms with E-state index in [2.05, 4.69) is 0 Å². The molecule has 7 heteroatoms. The molecule has 0 saturated carbocycles. The molecule has 0 aromatic heterocycles. The molecule has 0 heterocycles. The van der Waals surface area contributed by atoms with Crippen LogP contribution in [0.2, 0.25) is 0 Å². The molecule has 0 spiro atoms. The van der Waals surface area contributed by atoms with Crippen molar-refractivity contribution in [2.24, 2.45) is 0 Å². The van der Waals surface area contributed by atoms with Crippen molar-refractivity contribution in [3.63, 3.8) is 0 Å². The van der Waals surface area contributed by atoms with Crippen LogP contribution in [0, 0.1) is 0 Å². The molecule has 10 heavy (non-hydrogen) atoms. The first-order valence-corrected chi connectivity index (χ1v) is 1.56. The summed E-state index contributed by atoms with van der Waals surface area (Å²) < 4.78 is 0. The predicted molar refractivity (Wildman–Crippen MR) is 41.4 cm³/mol. The van der Waals surface area contributed by atoms with Crippen molar-refractivity contribution in [1.82, 2.24) is 0 Å². The van der Waals surface area contributed by atoms with E-state index < -0.39 is 18.4 Å². The molecule has 0 amide bonds. The van der Waals surface area contributed by atoms with Gasteiger partial charge < -0.3 is 10.2 Å². The Kier molecular flexibility index (Phi) is 28.9. The second kappa shape index (κ2) is 12.9. The Morgan fingerprint density at radius 3 is 1.20 bits per heavy atom. The van der Waals surface area contributed by atoms with E-state index in [1.165, 1.54) is 0 Å². The van der Waals surface area contributed by atoms with Gasteiger partial charge in [0.15, 0.2) is 0 Å². The van der Waals surface area contributed by atoms with Crippen LogP contribution in [0.4, 0.5) is 0 Å². The van der Waals surface area contributed by atoms with Crippen molar-refractivity contribution in [2.45, 2.75) is 6.42 Å². The van der Waals surface area contributed by atoms with Gasteiger partial charge in [-0.3, -0.25) is 9.59 Å². The number of hydrogen-bond donors (Lipinski definition) is 2. The molecular weight excluding hydrogens is 181 g/mol. The van der Waals surface area contributed by atoms with Crippen LogP contribution in [0.15, 0.2) is 0 Å². The van der Waals surface area contributed by atoms with E-state index in [0.717, 1.165) is 0 Å². The molecule has 0 aliphatic rings. The quantitative estimate of drug-likeness (QED) is 0.416. The van der Waals surface area contributed by atoms with Crippen LogP contribution in [0.3, 0.4) is 0 Å². The first-order chi connectivity index (χ1) is 3.13. The minimum atomic E-state index is -1.31. The molecule has 0 aromatic carbocycles.